The summed E-state index contributed by atoms with van der Waals surface area (Å²) in [6, 6.07) is 0.350. The second-order valence-corrected chi connectivity index (χ2v) is 6.64. The molecule has 4 N–H and O–H groups in total. The lowest BCUT2D eigenvalue weighted by atomic mass is 9.94. The minimum atomic E-state index is -0.280. The first-order valence-electron chi connectivity index (χ1n) is 7.17. The average molecular weight is 310 g/mol. The molecule has 1 saturated carbocycles. The number of nitrogen functional groups attached to an aromatic ring is 2. The number of nitrogens with two attached hydrogens (primary N) is 2. The Morgan fingerprint density at radius 1 is 1.19 bits per heavy atom. The van der Waals surface area contributed by atoms with Gasteiger partial charge in [0.1, 0.15) is 0 Å². The molecule has 21 heavy (non-hydrogen) atoms. The molecule has 116 valence electrons. The Bertz CT molecular complexity index is 485. The largest absolute Gasteiger partial charge is 0.368 e. The van der Waals surface area contributed by atoms with Gasteiger partial charge in [0.05, 0.1) is 5.25 Å². The van der Waals surface area contributed by atoms with Crippen molar-refractivity contribution < 1.29 is 4.79 Å². The zero-order chi connectivity index (χ0) is 15.4. The van der Waals surface area contributed by atoms with Crippen LogP contribution in [0.2, 0.25) is 0 Å². The third kappa shape index (κ3) is 4.20. The summed E-state index contributed by atoms with van der Waals surface area (Å²) in [6.45, 7) is 1.85. The molecule has 1 heterocycles. The summed E-state index contributed by atoms with van der Waals surface area (Å²) in [5.74, 6) is 0.236. The van der Waals surface area contributed by atoms with E-state index < -0.39 is 0 Å². The molecular weight excluding hydrogens is 288 g/mol. The van der Waals surface area contributed by atoms with Crippen molar-refractivity contribution in [1.82, 2.24) is 19.9 Å². The highest BCUT2D eigenvalue weighted by atomic mass is 32.2. The van der Waals surface area contributed by atoms with Crippen LogP contribution in [0.4, 0.5) is 11.9 Å². The number of carbonyl (C=O) groups is 1. The minimum Gasteiger partial charge on any atom is -0.368 e. The number of carbonyl (C=O) groups excluding carboxylic acids is 1. The summed E-state index contributed by atoms with van der Waals surface area (Å²) in [5, 5.41) is 0.107. The van der Waals surface area contributed by atoms with Gasteiger partial charge in [0.25, 0.3) is 0 Å². The third-order valence-corrected chi connectivity index (χ3v) is 4.70. The number of nitrogens with zero attached hydrogens (tertiary/aromatic N) is 4. The summed E-state index contributed by atoms with van der Waals surface area (Å²) >= 11 is 1.26. The highest BCUT2D eigenvalue weighted by Gasteiger charge is 2.26. The van der Waals surface area contributed by atoms with Crippen LogP contribution in [-0.4, -0.2) is 44.1 Å². The van der Waals surface area contributed by atoms with Crippen LogP contribution < -0.4 is 11.5 Å². The van der Waals surface area contributed by atoms with Crippen molar-refractivity contribution in [2.24, 2.45) is 0 Å². The van der Waals surface area contributed by atoms with E-state index in [-0.39, 0.29) is 23.1 Å². The highest BCUT2D eigenvalue weighted by molar-refractivity contribution is 8.00. The van der Waals surface area contributed by atoms with Crippen molar-refractivity contribution in [3.05, 3.63) is 0 Å². The summed E-state index contributed by atoms with van der Waals surface area (Å²) in [4.78, 5) is 26.1. The molecule has 8 heteroatoms. The molecule has 1 aromatic heterocycles. The van der Waals surface area contributed by atoms with Crippen LogP contribution in [0.25, 0.3) is 0 Å². The van der Waals surface area contributed by atoms with Crippen LogP contribution >= 0.6 is 11.8 Å². The van der Waals surface area contributed by atoms with Gasteiger partial charge in [-0.3, -0.25) is 4.79 Å². The van der Waals surface area contributed by atoms with Crippen LogP contribution in [0.3, 0.4) is 0 Å². The van der Waals surface area contributed by atoms with Crippen LogP contribution in [-0.2, 0) is 4.79 Å². The zero-order valence-electron chi connectivity index (χ0n) is 12.5. The van der Waals surface area contributed by atoms with Crippen molar-refractivity contribution in [3.63, 3.8) is 0 Å². The summed E-state index contributed by atoms with van der Waals surface area (Å²) in [5.41, 5.74) is 11.1. The van der Waals surface area contributed by atoms with Gasteiger partial charge in [-0.25, -0.2) is 0 Å². The molecule has 0 aromatic carbocycles. The van der Waals surface area contributed by atoms with Crippen LogP contribution in [0.1, 0.15) is 39.0 Å². The fourth-order valence-corrected chi connectivity index (χ4v) is 3.46. The Labute approximate surface area is 128 Å². The zero-order valence-corrected chi connectivity index (χ0v) is 13.3. The maximum absolute atomic E-state index is 12.5. The lowest BCUT2D eigenvalue weighted by Gasteiger charge is -2.32. The van der Waals surface area contributed by atoms with Gasteiger partial charge in [-0.1, -0.05) is 31.0 Å². The Morgan fingerprint density at radius 2 is 1.76 bits per heavy atom. The normalized spacial score (nSPS) is 17.4. The molecule has 0 spiro atoms. The first-order valence-corrected chi connectivity index (χ1v) is 8.05. The molecule has 0 unspecified atom stereocenters. The van der Waals surface area contributed by atoms with E-state index >= 15 is 0 Å². The second kappa shape index (κ2) is 6.93. The first kappa shape index (κ1) is 15.8. The molecule has 1 aliphatic carbocycles. The van der Waals surface area contributed by atoms with Gasteiger partial charge >= 0.3 is 0 Å². The van der Waals surface area contributed by atoms with Gasteiger partial charge in [0.15, 0.2) is 5.16 Å². The fourth-order valence-electron chi connectivity index (χ4n) is 2.58. The molecule has 2 rings (SSSR count). The standard InChI is InChI=1S/C13H22N6OS/c1-8(21-13-17-11(14)16-12(15)18-13)10(20)19(2)9-6-4-3-5-7-9/h8-9H,3-7H2,1-2H3,(H4,14,15,16,17,18)/t8-/m1/s1. The van der Waals surface area contributed by atoms with E-state index in [0.717, 1.165) is 12.8 Å². The number of thioether (sulfide) groups is 1. The number of anilines is 2. The van der Waals surface area contributed by atoms with Crippen molar-refractivity contribution in [2.75, 3.05) is 18.5 Å². The molecule has 0 bridgehead atoms. The molecule has 7 nitrogen and oxygen atoms in total. The van der Waals surface area contributed by atoms with E-state index in [1.807, 2.05) is 18.9 Å². The maximum atomic E-state index is 12.5. The third-order valence-electron chi connectivity index (χ3n) is 3.75. The molecule has 1 atom stereocenters. The Balaban J connectivity index is 1.98. The van der Waals surface area contributed by atoms with Gasteiger partial charge in [-0.05, 0) is 19.8 Å². The highest BCUT2D eigenvalue weighted by Crippen LogP contribution is 2.26. The molecule has 1 fully saturated rings. The van der Waals surface area contributed by atoms with Crippen molar-refractivity contribution >= 4 is 29.6 Å². The van der Waals surface area contributed by atoms with E-state index in [2.05, 4.69) is 15.0 Å². The Hall–Kier alpha value is -1.57. The smallest absolute Gasteiger partial charge is 0.235 e. The Kier molecular flexibility index (Phi) is 5.22. The predicted octanol–water partition coefficient (Wildman–Crippen LogP) is 1.31. The van der Waals surface area contributed by atoms with Gasteiger partial charge in [0.2, 0.25) is 17.8 Å². The second-order valence-electron chi connectivity index (χ2n) is 5.34. The van der Waals surface area contributed by atoms with E-state index in [1.165, 1.54) is 31.0 Å². The first-order chi connectivity index (χ1) is 9.97. The fraction of sp³-hybridized carbons (Fsp3) is 0.692. The molecule has 0 aliphatic heterocycles. The van der Waals surface area contributed by atoms with Crippen LogP contribution in [0.5, 0.6) is 0 Å². The van der Waals surface area contributed by atoms with Gasteiger partial charge < -0.3 is 16.4 Å². The maximum Gasteiger partial charge on any atom is 0.235 e. The molecule has 1 amide bonds. The topological polar surface area (TPSA) is 111 Å². The summed E-state index contributed by atoms with van der Waals surface area (Å²) < 4.78 is 0. The summed E-state index contributed by atoms with van der Waals surface area (Å²) in [6.07, 6.45) is 5.84. The van der Waals surface area contributed by atoms with Crippen LogP contribution in [0, 0.1) is 0 Å². The lowest BCUT2D eigenvalue weighted by molar-refractivity contribution is -0.131. The lowest BCUT2D eigenvalue weighted by Crippen LogP contribution is -2.42. The summed E-state index contributed by atoms with van der Waals surface area (Å²) in [7, 11) is 1.88. The number of rotatable bonds is 4. The van der Waals surface area contributed by atoms with E-state index in [1.54, 1.807) is 0 Å². The molecular formula is C13H22N6OS. The minimum absolute atomic E-state index is 0.0743. The Morgan fingerprint density at radius 3 is 2.33 bits per heavy atom. The molecule has 1 aromatic rings. The molecule has 1 aliphatic rings. The number of amides is 1. The quantitative estimate of drug-likeness (QED) is 0.806. The van der Waals surface area contributed by atoms with Crippen LogP contribution in [0.15, 0.2) is 5.16 Å². The predicted molar refractivity (Wildman–Crippen MR) is 83.6 cm³/mol. The van der Waals surface area contributed by atoms with Gasteiger partial charge in [0, 0.05) is 13.1 Å². The monoisotopic (exact) mass is 310 g/mol. The molecule has 0 saturated heterocycles. The van der Waals surface area contributed by atoms with Crippen molar-refractivity contribution in [3.8, 4) is 0 Å². The van der Waals surface area contributed by atoms with Gasteiger partial charge in [-0.2, -0.15) is 15.0 Å². The SMILES string of the molecule is C[C@@H](Sc1nc(N)nc(N)n1)C(=O)N(C)C1CCCCC1. The molecule has 0 radical (unpaired) electrons. The van der Waals surface area contributed by atoms with E-state index in [4.69, 9.17) is 11.5 Å². The van der Waals surface area contributed by atoms with Crippen molar-refractivity contribution in [1.29, 1.82) is 0 Å². The average Bonchev–Trinajstić information content (AvgIpc) is 2.45. The van der Waals surface area contributed by atoms with E-state index in [0.29, 0.717) is 11.2 Å². The number of aromatic nitrogens is 3. The van der Waals surface area contributed by atoms with Crippen molar-refractivity contribution in [2.45, 2.75) is 55.5 Å². The van der Waals surface area contributed by atoms with Gasteiger partial charge in [-0.15, -0.1) is 0 Å². The number of hydrogen-bond donors (Lipinski definition) is 2. The van der Waals surface area contributed by atoms with E-state index in [9.17, 15) is 4.79 Å². The number of hydrogen-bond acceptors (Lipinski definition) is 7.